The summed E-state index contributed by atoms with van der Waals surface area (Å²) in [4.78, 5) is 4.09. The normalized spacial score (nSPS) is 10.8. The number of nitrogens with two attached hydrogens (primary N) is 1. The zero-order valence-electron chi connectivity index (χ0n) is 10.9. The zero-order valence-corrected chi connectivity index (χ0v) is 14.8. The predicted molar refractivity (Wildman–Crippen MR) is 96.2 cm³/mol. The molecular weight excluding hydrogens is 412 g/mol. The van der Waals surface area contributed by atoms with Crippen molar-refractivity contribution in [3.8, 4) is 0 Å². The Hall–Kier alpha value is -0.500. The Balaban J connectivity index is 0.00000361. The van der Waals surface area contributed by atoms with Crippen molar-refractivity contribution >= 4 is 53.1 Å². The molecular formula is C13H18Cl2IN3O. The van der Waals surface area contributed by atoms with Crippen molar-refractivity contribution in [3.63, 3.8) is 0 Å². The van der Waals surface area contributed by atoms with Crippen LogP contribution in [-0.2, 0) is 11.3 Å². The molecule has 0 amide bonds. The van der Waals surface area contributed by atoms with Crippen LogP contribution in [0.1, 0.15) is 5.56 Å². The van der Waals surface area contributed by atoms with Crippen molar-refractivity contribution < 1.29 is 4.74 Å². The molecule has 1 rings (SSSR count). The first-order valence-corrected chi connectivity index (χ1v) is 6.55. The first-order chi connectivity index (χ1) is 9.13. The number of benzene rings is 1. The molecule has 0 aromatic heterocycles. The van der Waals surface area contributed by atoms with Gasteiger partial charge >= 0.3 is 0 Å². The van der Waals surface area contributed by atoms with Crippen LogP contribution in [-0.4, -0.2) is 25.7 Å². The number of rotatable bonds is 7. The van der Waals surface area contributed by atoms with Gasteiger partial charge in [-0.1, -0.05) is 35.3 Å². The highest BCUT2D eigenvalue weighted by Crippen LogP contribution is 2.21. The summed E-state index contributed by atoms with van der Waals surface area (Å²) >= 11 is 11.8. The lowest BCUT2D eigenvalue weighted by Gasteiger charge is -2.06. The van der Waals surface area contributed by atoms with E-state index in [9.17, 15) is 0 Å². The van der Waals surface area contributed by atoms with Gasteiger partial charge in [-0.25, -0.2) is 0 Å². The van der Waals surface area contributed by atoms with Gasteiger partial charge in [0.2, 0.25) is 0 Å². The van der Waals surface area contributed by atoms with Crippen LogP contribution in [0.4, 0.5) is 0 Å². The molecule has 7 heteroatoms. The lowest BCUT2D eigenvalue weighted by molar-refractivity contribution is 0.128. The second-order valence-corrected chi connectivity index (χ2v) is 4.57. The Kier molecular flexibility index (Phi) is 10.9. The fourth-order valence-corrected chi connectivity index (χ4v) is 1.75. The summed E-state index contributed by atoms with van der Waals surface area (Å²) in [5, 5.41) is 4.09. The molecule has 0 radical (unpaired) electrons. The monoisotopic (exact) mass is 429 g/mol. The van der Waals surface area contributed by atoms with E-state index in [0.717, 1.165) is 5.56 Å². The van der Waals surface area contributed by atoms with Gasteiger partial charge in [0, 0.05) is 16.6 Å². The first-order valence-electron chi connectivity index (χ1n) is 5.80. The van der Waals surface area contributed by atoms with Crippen molar-refractivity contribution in [2.24, 2.45) is 10.7 Å². The Morgan fingerprint density at radius 2 is 2.20 bits per heavy atom. The van der Waals surface area contributed by atoms with Crippen LogP contribution in [0.15, 0.2) is 35.8 Å². The largest absolute Gasteiger partial charge is 0.375 e. The van der Waals surface area contributed by atoms with Gasteiger partial charge in [-0.3, -0.25) is 4.99 Å². The molecule has 0 heterocycles. The maximum absolute atomic E-state index is 6.02. The lowest BCUT2D eigenvalue weighted by Crippen LogP contribution is -2.32. The van der Waals surface area contributed by atoms with Crippen molar-refractivity contribution in [3.05, 3.63) is 46.5 Å². The molecule has 0 bridgehead atoms. The summed E-state index contributed by atoms with van der Waals surface area (Å²) < 4.78 is 5.46. The molecule has 0 unspecified atom stereocenters. The number of halogens is 3. The summed E-state index contributed by atoms with van der Waals surface area (Å²) in [5.74, 6) is 0.382. The standard InChI is InChI=1S/C13H17Cl2N3O.HI/c1-2-5-17-13(16)18-6-7-19-9-10-3-4-11(14)8-12(10)15;/h2-4,8H,1,5-7,9H2,(H3,16,17,18);1H. The first kappa shape index (κ1) is 19.5. The number of nitrogens with one attached hydrogen (secondary N) is 1. The molecule has 0 fully saturated rings. The Labute approximate surface area is 146 Å². The summed E-state index contributed by atoms with van der Waals surface area (Å²) in [6, 6.07) is 5.31. The molecule has 3 N–H and O–H groups in total. The Bertz CT molecular complexity index is 455. The number of hydrogen-bond donors (Lipinski definition) is 2. The third kappa shape index (κ3) is 7.94. The quantitative estimate of drug-likeness (QED) is 0.230. The highest BCUT2D eigenvalue weighted by Gasteiger charge is 2.01. The van der Waals surface area contributed by atoms with Crippen molar-refractivity contribution in [1.82, 2.24) is 5.32 Å². The number of aliphatic imine (C=N–C) groups is 1. The van der Waals surface area contributed by atoms with E-state index >= 15 is 0 Å². The topological polar surface area (TPSA) is 59.6 Å². The van der Waals surface area contributed by atoms with E-state index in [2.05, 4.69) is 16.9 Å². The number of guanidine groups is 1. The van der Waals surface area contributed by atoms with Crippen LogP contribution in [0, 0.1) is 0 Å². The average Bonchev–Trinajstić information content (AvgIpc) is 2.38. The zero-order chi connectivity index (χ0) is 14.1. The Morgan fingerprint density at radius 1 is 1.45 bits per heavy atom. The molecule has 1 aromatic rings. The molecule has 0 spiro atoms. The lowest BCUT2D eigenvalue weighted by atomic mass is 10.2. The van der Waals surface area contributed by atoms with Crippen LogP contribution < -0.4 is 11.1 Å². The highest BCUT2D eigenvalue weighted by molar-refractivity contribution is 14.0. The smallest absolute Gasteiger partial charge is 0.188 e. The van der Waals surface area contributed by atoms with Gasteiger partial charge in [-0.2, -0.15) is 0 Å². The van der Waals surface area contributed by atoms with E-state index in [1.54, 1.807) is 18.2 Å². The van der Waals surface area contributed by atoms with Gasteiger partial charge in [-0.05, 0) is 17.7 Å². The van der Waals surface area contributed by atoms with Gasteiger partial charge < -0.3 is 15.8 Å². The summed E-state index contributed by atoms with van der Waals surface area (Å²) in [6.07, 6.45) is 1.71. The molecule has 0 saturated carbocycles. The second kappa shape index (κ2) is 11.2. The summed E-state index contributed by atoms with van der Waals surface area (Å²) in [7, 11) is 0. The number of nitrogens with zero attached hydrogens (tertiary/aromatic N) is 1. The summed E-state index contributed by atoms with van der Waals surface area (Å²) in [6.45, 7) is 5.54. The highest BCUT2D eigenvalue weighted by atomic mass is 127. The number of hydrogen-bond acceptors (Lipinski definition) is 2. The van der Waals surface area contributed by atoms with Crippen LogP contribution in [0.3, 0.4) is 0 Å². The van der Waals surface area contributed by atoms with Crippen LogP contribution in [0.2, 0.25) is 10.0 Å². The fourth-order valence-electron chi connectivity index (χ4n) is 1.28. The molecule has 1 aromatic carbocycles. The van der Waals surface area contributed by atoms with Crippen molar-refractivity contribution in [1.29, 1.82) is 0 Å². The van der Waals surface area contributed by atoms with Crippen LogP contribution in [0.25, 0.3) is 0 Å². The van der Waals surface area contributed by atoms with E-state index in [-0.39, 0.29) is 24.0 Å². The van der Waals surface area contributed by atoms with Crippen molar-refractivity contribution in [2.45, 2.75) is 6.61 Å². The van der Waals surface area contributed by atoms with E-state index in [0.29, 0.717) is 42.3 Å². The molecule has 4 nitrogen and oxygen atoms in total. The average molecular weight is 430 g/mol. The second-order valence-electron chi connectivity index (χ2n) is 3.72. The predicted octanol–water partition coefficient (Wildman–Crippen LogP) is 3.22. The Morgan fingerprint density at radius 3 is 2.85 bits per heavy atom. The van der Waals surface area contributed by atoms with E-state index in [1.165, 1.54) is 0 Å². The van der Waals surface area contributed by atoms with E-state index in [1.807, 2.05) is 6.07 Å². The third-order valence-electron chi connectivity index (χ3n) is 2.22. The van der Waals surface area contributed by atoms with Gasteiger partial charge in [-0.15, -0.1) is 30.6 Å². The van der Waals surface area contributed by atoms with Gasteiger partial charge in [0.1, 0.15) is 0 Å². The maximum Gasteiger partial charge on any atom is 0.188 e. The molecule has 0 atom stereocenters. The molecule has 20 heavy (non-hydrogen) atoms. The minimum absolute atomic E-state index is 0. The van der Waals surface area contributed by atoms with E-state index < -0.39 is 0 Å². The van der Waals surface area contributed by atoms with Gasteiger partial charge in [0.25, 0.3) is 0 Å². The van der Waals surface area contributed by atoms with Crippen LogP contribution in [0.5, 0.6) is 0 Å². The number of ether oxygens (including phenoxy) is 1. The molecule has 0 aliphatic heterocycles. The van der Waals surface area contributed by atoms with Gasteiger partial charge in [0.15, 0.2) is 5.96 Å². The minimum atomic E-state index is 0. The molecule has 112 valence electrons. The van der Waals surface area contributed by atoms with Crippen molar-refractivity contribution in [2.75, 3.05) is 19.7 Å². The van der Waals surface area contributed by atoms with E-state index in [4.69, 9.17) is 33.7 Å². The maximum atomic E-state index is 6.02. The summed E-state index contributed by atoms with van der Waals surface area (Å²) in [5.41, 5.74) is 6.49. The molecule has 0 saturated heterocycles. The van der Waals surface area contributed by atoms with Crippen LogP contribution >= 0.6 is 47.2 Å². The van der Waals surface area contributed by atoms with Gasteiger partial charge in [0.05, 0.1) is 19.8 Å². The molecule has 0 aliphatic rings. The SMILES string of the molecule is C=CCNC(N)=NCCOCc1ccc(Cl)cc1Cl.I. The molecule has 0 aliphatic carbocycles. The minimum Gasteiger partial charge on any atom is -0.375 e. The third-order valence-corrected chi connectivity index (χ3v) is 2.80. The fraction of sp³-hybridized carbons (Fsp3) is 0.308.